The molecule has 2 atom stereocenters. The van der Waals surface area contributed by atoms with Gasteiger partial charge in [0.15, 0.2) is 5.17 Å². The van der Waals surface area contributed by atoms with Crippen LogP contribution < -0.4 is 5.32 Å². The maximum absolute atomic E-state index is 6.10. The van der Waals surface area contributed by atoms with Crippen LogP contribution in [0.2, 0.25) is 10.0 Å². The number of benzene rings is 1. The first kappa shape index (κ1) is 13.1. The molecular weight excluding hydrogens is 275 g/mol. The first-order chi connectivity index (χ1) is 8.06. The summed E-state index contributed by atoms with van der Waals surface area (Å²) in [6.45, 7) is 4.35. The van der Waals surface area contributed by atoms with E-state index in [0.717, 1.165) is 16.6 Å². The molecule has 0 amide bonds. The smallest absolute Gasteiger partial charge is 0.161 e. The molecule has 0 aliphatic carbocycles. The van der Waals surface area contributed by atoms with Gasteiger partial charge in [-0.25, -0.2) is 0 Å². The fourth-order valence-corrected chi connectivity index (χ4v) is 3.05. The van der Waals surface area contributed by atoms with Gasteiger partial charge in [-0.1, -0.05) is 41.9 Å². The summed E-state index contributed by atoms with van der Waals surface area (Å²) < 4.78 is 0. The van der Waals surface area contributed by atoms with Gasteiger partial charge in [-0.05, 0) is 31.0 Å². The second-order valence-electron chi connectivity index (χ2n) is 4.21. The Balaban J connectivity index is 2.13. The molecule has 1 aliphatic rings. The molecule has 0 saturated carbocycles. The van der Waals surface area contributed by atoms with Crippen LogP contribution in [0.3, 0.4) is 0 Å². The lowest BCUT2D eigenvalue weighted by Crippen LogP contribution is -2.25. The van der Waals surface area contributed by atoms with Crippen molar-refractivity contribution in [2.24, 2.45) is 10.9 Å². The minimum atomic E-state index is 0.352. The largest absolute Gasteiger partial charge is 0.334 e. The van der Waals surface area contributed by atoms with Crippen LogP contribution in [0.4, 0.5) is 5.69 Å². The Morgan fingerprint density at radius 1 is 1.35 bits per heavy atom. The molecule has 0 spiro atoms. The third-order valence-corrected chi connectivity index (χ3v) is 4.52. The normalized spacial score (nSPS) is 24.4. The molecule has 1 aliphatic heterocycles. The van der Waals surface area contributed by atoms with Gasteiger partial charge in [0.2, 0.25) is 0 Å². The third-order valence-electron chi connectivity index (χ3n) is 2.80. The van der Waals surface area contributed by atoms with E-state index in [1.807, 2.05) is 12.1 Å². The van der Waals surface area contributed by atoms with Crippen LogP contribution in [-0.4, -0.2) is 17.0 Å². The number of hydrogen-bond acceptors (Lipinski definition) is 3. The zero-order valence-corrected chi connectivity index (χ0v) is 12.0. The Morgan fingerprint density at radius 3 is 2.76 bits per heavy atom. The monoisotopic (exact) mass is 288 g/mol. The van der Waals surface area contributed by atoms with E-state index in [9.17, 15) is 0 Å². The highest BCUT2D eigenvalue weighted by Gasteiger charge is 2.19. The molecule has 1 heterocycles. The first-order valence-electron chi connectivity index (χ1n) is 5.49. The van der Waals surface area contributed by atoms with Crippen molar-refractivity contribution in [3.05, 3.63) is 28.2 Å². The lowest BCUT2D eigenvalue weighted by Gasteiger charge is -2.23. The minimum absolute atomic E-state index is 0.352. The fourth-order valence-electron chi connectivity index (χ4n) is 1.47. The Labute approximate surface area is 116 Å². The Bertz CT molecular complexity index is 448. The van der Waals surface area contributed by atoms with Crippen molar-refractivity contribution in [3.63, 3.8) is 0 Å². The van der Waals surface area contributed by atoms with Gasteiger partial charge >= 0.3 is 0 Å². The summed E-state index contributed by atoms with van der Waals surface area (Å²) in [5.41, 5.74) is 0.851. The van der Waals surface area contributed by atoms with Crippen LogP contribution in [0.1, 0.15) is 13.8 Å². The van der Waals surface area contributed by atoms with Crippen molar-refractivity contribution in [3.8, 4) is 0 Å². The Kier molecular flexibility index (Phi) is 4.23. The van der Waals surface area contributed by atoms with Crippen LogP contribution in [-0.2, 0) is 0 Å². The summed E-state index contributed by atoms with van der Waals surface area (Å²) >= 11 is 13.7. The molecule has 2 nitrogen and oxygen atoms in total. The van der Waals surface area contributed by atoms with Crippen LogP contribution in [0.15, 0.2) is 23.2 Å². The van der Waals surface area contributed by atoms with Crippen molar-refractivity contribution in [1.82, 2.24) is 0 Å². The van der Waals surface area contributed by atoms with Gasteiger partial charge in [0.05, 0.1) is 16.8 Å². The van der Waals surface area contributed by atoms with Gasteiger partial charge in [-0.15, -0.1) is 0 Å². The average molecular weight is 289 g/mol. The molecule has 2 unspecified atom stereocenters. The molecule has 92 valence electrons. The lowest BCUT2D eigenvalue weighted by atomic mass is 10.1. The van der Waals surface area contributed by atoms with Gasteiger partial charge in [0.1, 0.15) is 0 Å². The molecule has 0 radical (unpaired) electrons. The molecule has 1 N–H and O–H groups in total. The highest BCUT2D eigenvalue weighted by atomic mass is 35.5. The average Bonchev–Trinajstić information content (AvgIpc) is 2.27. The number of anilines is 1. The SMILES string of the molecule is CC1CSC(Nc2ccc(Cl)cc2Cl)=NC1C. The predicted octanol–water partition coefficient (Wildman–Crippen LogP) is 4.53. The number of hydrogen-bond donors (Lipinski definition) is 1. The van der Waals surface area contributed by atoms with E-state index in [4.69, 9.17) is 23.2 Å². The molecule has 17 heavy (non-hydrogen) atoms. The van der Waals surface area contributed by atoms with E-state index < -0.39 is 0 Å². The van der Waals surface area contributed by atoms with E-state index in [-0.39, 0.29) is 0 Å². The summed E-state index contributed by atoms with van der Waals surface area (Å²) in [6, 6.07) is 5.77. The summed E-state index contributed by atoms with van der Waals surface area (Å²) in [5, 5.41) is 5.44. The van der Waals surface area contributed by atoms with Crippen LogP contribution >= 0.6 is 35.0 Å². The second kappa shape index (κ2) is 5.51. The second-order valence-corrected chi connectivity index (χ2v) is 6.06. The first-order valence-corrected chi connectivity index (χ1v) is 7.23. The Morgan fingerprint density at radius 2 is 2.12 bits per heavy atom. The van der Waals surface area contributed by atoms with E-state index in [1.54, 1.807) is 17.8 Å². The quantitative estimate of drug-likeness (QED) is 0.821. The van der Waals surface area contributed by atoms with Crippen LogP contribution in [0.25, 0.3) is 0 Å². The number of halogens is 2. The topological polar surface area (TPSA) is 24.4 Å². The molecule has 5 heteroatoms. The Hall–Kier alpha value is -0.380. The van der Waals surface area contributed by atoms with Crippen LogP contribution in [0.5, 0.6) is 0 Å². The van der Waals surface area contributed by atoms with Crippen molar-refractivity contribution in [1.29, 1.82) is 0 Å². The summed E-state index contributed by atoms with van der Waals surface area (Å²) in [5.74, 6) is 1.70. The van der Waals surface area contributed by atoms with Crippen molar-refractivity contribution >= 4 is 45.8 Å². The number of nitrogens with zero attached hydrogens (tertiary/aromatic N) is 1. The molecule has 0 aromatic heterocycles. The van der Waals surface area contributed by atoms with Gasteiger partial charge in [-0.3, -0.25) is 4.99 Å². The number of thioether (sulfide) groups is 1. The predicted molar refractivity (Wildman–Crippen MR) is 78.6 cm³/mol. The fraction of sp³-hybridized carbons (Fsp3) is 0.417. The molecule has 0 fully saturated rings. The van der Waals surface area contributed by atoms with Gasteiger partial charge < -0.3 is 5.32 Å². The maximum Gasteiger partial charge on any atom is 0.161 e. The highest BCUT2D eigenvalue weighted by molar-refractivity contribution is 8.14. The third kappa shape index (κ3) is 3.30. The summed E-state index contributed by atoms with van der Waals surface area (Å²) in [7, 11) is 0. The highest BCUT2D eigenvalue weighted by Crippen LogP contribution is 2.28. The number of aliphatic imine (C=N–C) groups is 1. The molecule has 1 aromatic rings. The lowest BCUT2D eigenvalue weighted by molar-refractivity contribution is 0.537. The van der Waals surface area contributed by atoms with Crippen molar-refractivity contribution < 1.29 is 0 Å². The molecule has 1 aromatic carbocycles. The standard InChI is InChI=1S/C12H14Cl2N2S/c1-7-6-17-12(15-8(7)2)16-11-4-3-9(13)5-10(11)14/h3-5,7-8H,6H2,1-2H3,(H,15,16). The van der Waals surface area contributed by atoms with Gasteiger partial charge in [0.25, 0.3) is 0 Å². The van der Waals surface area contributed by atoms with Gasteiger partial charge in [-0.2, -0.15) is 0 Å². The van der Waals surface area contributed by atoms with E-state index >= 15 is 0 Å². The zero-order valence-electron chi connectivity index (χ0n) is 9.71. The molecule has 0 saturated heterocycles. The van der Waals surface area contributed by atoms with Crippen molar-refractivity contribution in [2.45, 2.75) is 19.9 Å². The van der Waals surface area contributed by atoms with E-state index in [1.165, 1.54) is 0 Å². The molecular formula is C12H14Cl2N2S. The number of amidine groups is 1. The zero-order chi connectivity index (χ0) is 12.4. The molecule has 0 bridgehead atoms. The molecule has 2 rings (SSSR count). The van der Waals surface area contributed by atoms with Gasteiger partial charge in [0, 0.05) is 10.8 Å². The summed E-state index contributed by atoms with van der Waals surface area (Å²) in [6.07, 6.45) is 0. The number of rotatable bonds is 1. The summed E-state index contributed by atoms with van der Waals surface area (Å²) in [4.78, 5) is 4.60. The van der Waals surface area contributed by atoms with E-state index in [2.05, 4.69) is 24.2 Å². The number of nitrogens with one attached hydrogen (secondary N) is 1. The van der Waals surface area contributed by atoms with E-state index in [0.29, 0.717) is 22.0 Å². The minimum Gasteiger partial charge on any atom is -0.334 e. The maximum atomic E-state index is 6.10. The van der Waals surface area contributed by atoms with Crippen LogP contribution in [0, 0.1) is 5.92 Å². The van der Waals surface area contributed by atoms with Crippen molar-refractivity contribution in [2.75, 3.05) is 11.1 Å².